The lowest BCUT2D eigenvalue weighted by atomic mass is 10.0. The number of morpholine rings is 1. The molecule has 1 fully saturated rings. The summed E-state index contributed by atoms with van der Waals surface area (Å²) in [5, 5.41) is 10.2. The van der Waals surface area contributed by atoms with Gasteiger partial charge in [-0.2, -0.15) is 0 Å². The number of rotatable bonds is 7. The second kappa shape index (κ2) is 11.4. The van der Waals surface area contributed by atoms with E-state index < -0.39 is 0 Å². The summed E-state index contributed by atoms with van der Waals surface area (Å²) < 4.78 is 5.51. The molecule has 29 heavy (non-hydrogen) atoms. The van der Waals surface area contributed by atoms with Gasteiger partial charge in [0.15, 0.2) is 5.96 Å². The molecule has 1 heterocycles. The van der Waals surface area contributed by atoms with Gasteiger partial charge in [0.05, 0.1) is 19.3 Å². The molecule has 1 aliphatic heterocycles. The summed E-state index contributed by atoms with van der Waals surface area (Å²) in [7, 11) is 0. The Balaban J connectivity index is 2.07. The van der Waals surface area contributed by atoms with Crippen molar-refractivity contribution in [1.29, 1.82) is 0 Å². The van der Waals surface area contributed by atoms with Gasteiger partial charge in [-0.05, 0) is 45.4 Å². The van der Waals surface area contributed by atoms with Gasteiger partial charge < -0.3 is 20.7 Å². The predicted molar refractivity (Wildman–Crippen MR) is 118 cm³/mol. The first-order chi connectivity index (χ1) is 13.8. The maximum atomic E-state index is 12.1. The highest BCUT2D eigenvalue weighted by Gasteiger charge is 2.23. The number of guanidine groups is 1. The van der Waals surface area contributed by atoms with Crippen molar-refractivity contribution >= 4 is 23.5 Å². The Labute approximate surface area is 179 Å². The topological polar surface area (TPSA) is 78.0 Å². The van der Waals surface area contributed by atoms with Gasteiger partial charge in [0.25, 0.3) is 0 Å². The first-order valence-corrected chi connectivity index (χ1v) is 10.6. The lowest BCUT2D eigenvalue weighted by Gasteiger charge is -2.35. The normalized spacial score (nSPS) is 16.9. The Morgan fingerprint density at radius 1 is 1.28 bits per heavy atom. The fraction of sp³-hybridized carbons (Fsp3) is 0.619. The van der Waals surface area contributed by atoms with Crippen molar-refractivity contribution in [3.05, 3.63) is 34.9 Å². The van der Waals surface area contributed by atoms with Crippen molar-refractivity contribution in [2.24, 2.45) is 4.99 Å². The van der Waals surface area contributed by atoms with Gasteiger partial charge in [0.2, 0.25) is 5.91 Å². The van der Waals surface area contributed by atoms with Crippen molar-refractivity contribution in [3.63, 3.8) is 0 Å². The van der Waals surface area contributed by atoms with E-state index in [0.29, 0.717) is 19.0 Å². The number of carbonyl (C=O) groups is 1. The van der Waals surface area contributed by atoms with E-state index in [2.05, 4.69) is 31.9 Å². The molecule has 0 aromatic heterocycles. The predicted octanol–water partition coefficient (Wildman–Crippen LogP) is 2.18. The zero-order chi connectivity index (χ0) is 21.3. The fourth-order valence-corrected chi connectivity index (χ4v) is 3.40. The fourth-order valence-electron chi connectivity index (χ4n) is 3.20. The molecule has 0 aliphatic carbocycles. The van der Waals surface area contributed by atoms with E-state index in [0.717, 1.165) is 36.9 Å². The maximum Gasteiger partial charge on any atom is 0.242 e. The molecular weight excluding hydrogens is 390 g/mol. The SMILES string of the molecule is CCNC(=NCC(=O)NC(C)(C)C)NCC(c1cccc(Cl)c1)N1CCOCC1. The van der Waals surface area contributed by atoms with Gasteiger partial charge in [-0.15, -0.1) is 0 Å². The summed E-state index contributed by atoms with van der Waals surface area (Å²) in [5.74, 6) is 0.520. The monoisotopic (exact) mass is 423 g/mol. The average molecular weight is 424 g/mol. The molecule has 1 amide bonds. The number of ether oxygens (including phenoxy) is 1. The van der Waals surface area contributed by atoms with Gasteiger partial charge in [-0.1, -0.05) is 23.7 Å². The van der Waals surface area contributed by atoms with Crippen LogP contribution in [-0.2, 0) is 9.53 Å². The maximum absolute atomic E-state index is 12.1. The second-order valence-corrected chi connectivity index (χ2v) is 8.53. The Bertz CT molecular complexity index is 684. The van der Waals surface area contributed by atoms with Crippen molar-refractivity contribution in [3.8, 4) is 0 Å². The third kappa shape index (κ3) is 8.60. The second-order valence-electron chi connectivity index (χ2n) is 8.09. The van der Waals surface area contributed by atoms with E-state index >= 15 is 0 Å². The first kappa shape index (κ1) is 23.4. The number of benzene rings is 1. The number of nitrogens with one attached hydrogen (secondary N) is 3. The van der Waals surface area contributed by atoms with Crippen molar-refractivity contribution in [1.82, 2.24) is 20.9 Å². The minimum Gasteiger partial charge on any atom is -0.379 e. The van der Waals surface area contributed by atoms with E-state index in [1.807, 2.05) is 45.9 Å². The number of amides is 1. The minimum atomic E-state index is -0.271. The molecule has 0 bridgehead atoms. The highest BCUT2D eigenvalue weighted by molar-refractivity contribution is 6.30. The number of hydrogen-bond donors (Lipinski definition) is 3. The van der Waals surface area contributed by atoms with Crippen LogP contribution in [0, 0.1) is 0 Å². The molecule has 8 heteroatoms. The van der Waals surface area contributed by atoms with E-state index in [1.54, 1.807) is 0 Å². The molecule has 3 N–H and O–H groups in total. The molecule has 1 aromatic rings. The highest BCUT2D eigenvalue weighted by Crippen LogP contribution is 2.23. The van der Waals surface area contributed by atoms with E-state index in [4.69, 9.17) is 16.3 Å². The third-order valence-electron chi connectivity index (χ3n) is 4.42. The molecule has 2 rings (SSSR count). The van der Waals surface area contributed by atoms with Crippen molar-refractivity contribution in [2.45, 2.75) is 39.3 Å². The van der Waals surface area contributed by atoms with Crippen molar-refractivity contribution < 1.29 is 9.53 Å². The van der Waals surface area contributed by atoms with Crippen LogP contribution in [0.25, 0.3) is 0 Å². The van der Waals surface area contributed by atoms with Crippen LogP contribution in [0.1, 0.15) is 39.3 Å². The van der Waals surface area contributed by atoms with Crippen LogP contribution in [0.15, 0.2) is 29.3 Å². The zero-order valence-corrected chi connectivity index (χ0v) is 18.7. The molecule has 1 unspecified atom stereocenters. The molecule has 0 radical (unpaired) electrons. The summed E-state index contributed by atoms with van der Waals surface area (Å²) in [5.41, 5.74) is 0.875. The number of halogens is 1. The molecule has 1 saturated heterocycles. The molecule has 0 saturated carbocycles. The Hall–Kier alpha value is -1.83. The third-order valence-corrected chi connectivity index (χ3v) is 4.66. The summed E-state index contributed by atoms with van der Waals surface area (Å²) in [6, 6.07) is 8.08. The Morgan fingerprint density at radius 3 is 2.62 bits per heavy atom. The minimum absolute atomic E-state index is 0.0754. The van der Waals surface area contributed by atoms with Gasteiger partial charge in [0.1, 0.15) is 6.54 Å². The van der Waals surface area contributed by atoms with Gasteiger partial charge in [-0.3, -0.25) is 9.69 Å². The summed E-state index contributed by atoms with van der Waals surface area (Å²) in [6.07, 6.45) is 0. The molecule has 162 valence electrons. The summed E-state index contributed by atoms with van der Waals surface area (Å²) in [4.78, 5) is 18.9. The van der Waals surface area contributed by atoms with Gasteiger partial charge >= 0.3 is 0 Å². The van der Waals surface area contributed by atoms with E-state index in [1.165, 1.54) is 0 Å². The molecule has 1 aromatic carbocycles. The van der Waals surface area contributed by atoms with Gasteiger partial charge in [-0.25, -0.2) is 4.99 Å². The van der Waals surface area contributed by atoms with Gasteiger partial charge in [0, 0.05) is 36.7 Å². The zero-order valence-electron chi connectivity index (χ0n) is 17.9. The number of aliphatic imine (C=N–C) groups is 1. The lowest BCUT2D eigenvalue weighted by Crippen LogP contribution is -2.47. The quantitative estimate of drug-likeness (QED) is 0.463. The average Bonchev–Trinajstić information content (AvgIpc) is 2.66. The lowest BCUT2D eigenvalue weighted by molar-refractivity contribution is -0.121. The standard InChI is InChI=1S/C21H34ClN5O2/c1-5-23-20(25-15-19(28)26-21(2,3)4)24-14-18(27-9-11-29-12-10-27)16-7-6-8-17(22)13-16/h6-8,13,18H,5,9-12,14-15H2,1-4H3,(H,26,28)(H2,23,24,25). The van der Waals surface area contributed by atoms with Crippen LogP contribution in [0.2, 0.25) is 5.02 Å². The number of carbonyl (C=O) groups excluding carboxylic acids is 1. The molecule has 7 nitrogen and oxygen atoms in total. The Kier molecular flexibility index (Phi) is 9.20. The first-order valence-electron chi connectivity index (χ1n) is 10.2. The smallest absolute Gasteiger partial charge is 0.242 e. The van der Waals surface area contributed by atoms with E-state index in [9.17, 15) is 4.79 Å². The van der Waals surface area contributed by atoms with Crippen molar-refractivity contribution in [2.75, 3.05) is 45.9 Å². The van der Waals surface area contributed by atoms with Crippen LogP contribution < -0.4 is 16.0 Å². The number of nitrogens with zero attached hydrogens (tertiary/aromatic N) is 2. The summed E-state index contributed by atoms with van der Waals surface area (Å²) >= 11 is 6.23. The molecule has 1 aliphatic rings. The van der Waals surface area contributed by atoms with Crippen LogP contribution in [-0.4, -0.2) is 68.2 Å². The molecule has 0 spiro atoms. The highest BCUT2D eigenvalue weighted by atomic mass is 35.5. The van der Waals surface area contributed by atoms with Crippen LogP contribution in [0.3, 0.4) is 0 Å². The number of hydrogen-bond acceptors (Lipinski definition) is 4. The van der Waals surface area contributed by atoms with Crippen LogP contribution in [0.5, 0.6) is 0 Å². The largest absolute Gasteiger partial charge is 0.379 e. The van der Waals surface area contributed by atoms with E-state index in [-0.39, 0.29) is 24.0 Å². The van der Waals surface area contributed by atoms with Crippen LogP contribution >= 0.6 is 11.6 Å². The Morgan fingerprint density at radius 2 is 2.00 bits per heavy atom. The van der Waals surface area contributed by atoms with Crippen LogP contribution in [0.4, 0.5) is 0 Å². The molecular formula is C21H34ClN5O2. The molecule has 1 atom stereocenters. The summed E-state index contributed by atoms with van der Waals surface area (Å²) in [6.45, 7) is 12.5.